The van der Waals surface area contributed by atoms with Crippen LogP contribution < -0.4 is 20.7 Å². The van der Waals surface area contributed by atoms with Crippen molar-refractivity contribution in [1.82, 2.24) is 9.97 Å². The molecule has 3 N–H and O–H groups in total. The molecule has 120 valence electrons. The van der Waals surface area contributed by atoms with Crippen LogP contribution in [0.25, 0.3) is 0 Å². The predicted octanol–water partition coefficient (Wildman–Crippen LogP) is 1.26. The van der Waals surface area contributed by atoms with Crippen LogP contribution >= 0.6 is 11.3 Å². The highest BCUT2D eigenvalue weighted by Crippen LogP contribution is 2.36. The largest absolute Gasteiger partial charge is 0.474 e. The Balaban J connectivity index is 1.88. The second kappa shape index (κ2) is 5.51. The van der Waals surface area contributed by atoms with Gasteiger partial charge in [-0.15, -0.1) is 11.3 Å². The molecule has 0 aliphatic carbocycles. The summed E-state index contributed by atoms with van der Waals surface area (Å²) in [5.41, 5.74) is 4.59. The molecular formula is C14H15N5O3S. The lowest BCUT2D eigenvalue weighted by Gasteiger charge is -2.37. The van der Waals surface area contributed by atoms with E-state index in [1.54, 1.807) is 37.6 Å². The molecule has 0 unspecified atom stereocenters. The molecule has 23 heavy (non-hydrogen) atoms. The normalized spacial score (nSPS) is 15.7. The summed E-state index contributed by atoms with van der Waals surface area (Å²) in [5, 5.41) is 4.85. The fourth-order valence-electron chi connectivity index (χ4n) is 2.20. The number of pyridine rings is 1. The quantitative estimate of drug-likeness (QED) is 0.875. The van der Waals surface area contributed by atoms with Crippen molar-refractivity contribution in [1.29, 1.82) is 0 Å². The Morgan fingerprint density at radius 2 is 2.26 bits per heavy atom. The molecule has 2 aromatic heterocycles. The van der Waals surface area contributed by atoms with Crippen molar-refractivity contribution in [2.24, 2.45) is 0 Å². The Hall–Kier alpha value is -2.68. The first-order chi connectivity index (χ1) is 10.9. The molecule has 0 saturated heterocycles. The van der Waals surface area contributed by atoms with Gasteiger partial charge in [0.1, 0.15) is 12.4 Å². The van der Waals surface area contributed by atoms with Crippen molar-refractivity contribution >= 4 is 39.9 Å². The zero-order valence-electron chi connectivity index (χ0n) is 12.6. The number of nitrogens with zero attached hydrogens (tertiary/aromatic N) is 3. The van der Waals surface area contributed by atoms with E-state index < -0.39 is 5.60 Å². The summed E-state index contributed by atoms with van der Waals surface area (Å²) < 4.78 is 5.65. The number of anilines is 3. The highest BCUT2D eigenvalue weighted by molar-refractivity contribution is 7.13. The first-order valence-electron chi connectivity index (χ1n) is 6.84. The van der Waals surface area contributed by atoms with Crippen molar-refractivity contribution in [3.05, 3.63) is 23.7 Å². The monoisotopic (exact) mass is 333 g/mol. The van der Waals surface area contributed by atoms with Crippen molar-refractivity contribution in [3.63, 3.8) is 0 Å². The van der Waals surface area contributed by atoms with E-state index in [-0.39, 0.29) is 30.0 Å². The van der Waals surface area contributed by atoms with Crippen molar-refractivity contribution in [2.45, 2.75) is 19.4 Å². The first-order valence-corrected chi connectivity index (χ1v) is 7.71. The number of carbonyl (C=O) groups excluding carboxylic acids is 2. The van der Waals surface area contributed by atoms with Gasteiger partial charge in [0.05, 0.1) is 0 Å². The molecule has 9 heteroatoms. The summed E-state index contributed by atoms with van der Waals surface area (Å²) in [5.74, 6) is 0.151. The Labute approximate surface area is 136 Å². The first kappa shape index (κ1) is 15.2. The number of nitrogen functional groups attached to an aromatic ring is 1. The molecule has 0 bridgehead atoms. The Kier molecular flexibility index (Phi) is 3.64. The summed E-state index contributed by atoms with van der Waals surface area (Å²) in [6.07, 6.45) is 1.58. The second-order valence-corrected chi connectivity index (χ2v) is 6.34. The zero-order chi connectivity index (χ0) is 16.6. The molecule has 0 aromatic carbocycles. The summed E-state index contributed by atoms with van der Waals surface area (Å²) in [4.78, 5) is 34.2. The van der Waals surface area contributed by atoms with Crippen LogP contribution in [0, 0.1) is 0 Å². The molecule has 0 saturated carbocycles. The lowest BCUT2D eigenvalue weighted by Crippen LogP contribution is -2.54. The third kappa shape index (κ3) is 2.95. The van der Waals surface area contributed by atoms with Crippen LogP contribution in [-0.2, 0) is 9.59 Å². The summed E-state index contributed by atoms with van der Waals surface area (Å²) in [6, 6.07) is 3.22. The van der Waals surface area contributed by atoms with Gasteiger partial charge in [0.25, 0.3) is 5.91 Å². The van der Waals surface area contributed by atoms with Gasteiger partial charge in [-0.1, -0.05) is 0 Å². The molecule has 1 aliphatic rings. The minimum atomic E-state index is -1.09. The highest BCUT2D eigenvalue weighted by Gasteiger charge is 2.42. The van der Waals surface area contributed by atoms with Crippen LogP contribution in [0.2, 0.25) is 0 Å². The molecule has 3 rings (SSSR count). The average molecular weight is 333 g/mol. The SMILES string of the molecule is CC1(C)Oc2ccc(N)nc2N(CC(=O)Nc2nccs2)C1=O. The van der Waals surface area contributed by atoms with Gasteiger partial charge < -0.3 is 15.8 Å². The Morgan fingerprint density at radius 1 is 1.48 bits per heavy atom. The molecular weight excluding hydrogens is 318 g/mol. The van der Waals surface area contributed by atoms with Gasteiger partial charge >= 0.3 is 0 Å². The van der Waals surface area contributed by atoms with E-state index in [1.807, 2.05) is 0 Å². The topological polar surface area (TPSA) is 110 Å². The number of rotatable bonds is 3. The van der Waals surface area contributed by atoms with E-state index in [9.17, 15) is 9.59 Å². The highest BCUT2D eigenvalue weighted by atomic mass is 32.1. The van der Waals surface area contributed by atoms with E-state index in [1.165, 1.54) is 16.2 Å². The number of amides is 2. The van der Waals surface area contributed by atoms with Crippen molar-refractivity contribution < 1.29 is 14.3 Å². The molecule has 0 spiro atoms. The number of ether oxygens (including phenoxy) is 1. The number of carbonyl (C=O) groups is 2. The number of hydrogen-bond donors (Lipinski definition) is 2. The molecule has 0 radical (unpaired) electrons. The fourth-order valence-corrected chi connectivity index (χ4v) is 2.74. The molecule has 3 heterocycles. The predicted molar refractivity (Wildman–Crippen MR) is 86.5 cm³/mol. The fraction of sp³-hybridized carbons (Fsp3) is 0.286. The van der Waals surface area contributed by atoms with Gasteiger partial charge in [-0.2, -0.15) is 0 Å². The number of hydrogen-bond acceptors (Lipinski definition) is 7. The second-order valence-electron chi connectivity index (χ2n) is 5.45. The van der Waals surface area contributed by atoms with E-state index in [2.05, 4.69) is 15.3 Å². The van der Waals surface area contributed by atoms with Gasteiger partial charge in [0.2, 0.25) is 5.91 Å². The Bertz CT molecular complexity index is 760. The number of aromatic nitrogens is 2. The molecule has 2 aromatic rings. The lowest BCUT2D eigenvalue weighted by molar-refractivity contribution is -0.133. The molecule has 8 nitrogen and oxygen atoms in total. The van der Waals surface area contributed by atoms with Crippen molar-refractivity contribution in [3.8, 4) is 5.75 Å². The maximum atomic E-state index is 12.6. The summed E-state index contributed by atoms with van der Waals surface area (Å²) >= 11 is 1.30. The van der Waals surface area contributed by atoms with Gasteiger partial charge in [-0.25, -0.2) is 9.97 Å². The van der Waals surface area contributed by atoms with E-state index in [0.29, 0.717) is 10.9 Å². The number of thiazole rings is 1. The molecule has 2 amide bonds. The van der Waals surface area contributed by atoms with Crippen LogP contribution in [0.15, 0.2) is 23.7 Å². The standard InChI is InChI=1S/C14H15N5O3S/c1-14(2)12(21)19(7-10(20)18-13-16-5-6-23-13)11-8(22-14)3-4-9(15)17-11/h3-6H,7H2,1-2H3,(H2,15,17)(H,16,18,20). The van der Waals surface area contributed by atoms with Crippen LogP contribution in [-0.4, -0.2) is 33.9 Å². The molecule has 1 aliphatic heterocycles. The number of fused-ring (bicyclic) bond motifs is 1. The minimum Gasteiger partial charge on any atom is -0.474 e. The molecule has 0 fully saturated rings. The van der Waals surface area contributed by atoms with Crippen molar-refractivity contribution in [2.75, 3.05) is 22.5 Å². The van der Waals surface area contributed by atoms with Crippen LogP contribution in [0.1, 0.15) is 13.8 Å². The number of nitrogens with one attached hydrogen (secondary N) is 1. The molecule has 0 atom stereocenters. The third-order valence-electron chi connectivity index (χ3n) is 3.22. The van der Waals surface area contributed by atoms with Crippen LogP contribution in [0.3, 0.4) is 0 Å². The van der Waals surface area contributed by atoms with Crippen LogP contribution in [0.4, 0.5) is 16.8 Å². The maximum absolute atomic E-state index is 12.6. The lowest BCUT2D eigenvalue weighted by atomic mass is 10.1. The maximum Gasteiger partial charge on any atom is 0.272 e. The average Bonchev–Trinajstić information content (AvgIpc) is 2.97. The van der Waals surface area contributed by atoms with Crippen LogP contribution in [0.5, 0.6) is 5.75 Å². The van der Waals surface area contributed by atoms with Gasteiger partial charge in [0.15, 0.2) is 22.3 Å². The van der Waals surface area contributed by atoms with Gasteiger partial charge in [-0.05, 0) is 26.0 Å². The smallest absolute Gasteiger partial charge is 0.272 e. The summed E-state index contributed by atoms with van der Waals surface area (Å²) in [6.45, 7) is 3.08. The zero-order valence-corrected chi connectivity index (χ0v) is 13.4. The summed E-state index contributed by atoms with van der Waals surface area (Å²) in [7, 11) is 0. The van der Waals surface area contributed by atoms with E-state index in [4.69, 9.17) is 10.5 Å². The number of nitrogens with two attached hydrogens (primary N) is 1. The van der Waals surface area contributed by atoms with E-state index in [0.717, 1.165) is 0 Å². The Morgan fingerprint density at radius 3 is 2.96 bits per heavy atom. The third-order valence-corrected chi connectivity index (χ3v) is 3.91. The minimum absolute atomic E-state index is 0.200. The van der Waals surface area contributed by atoms with E-state index >= 15 is 0 Å². The van der Waals surface area contributed by atoms with Gasteiger partial charge in [-0.3, -0.25) is 14.5 Å². The van der Waals surface area contributed by atoms with Gasteiger partial charge in [0, 0.05) is 11.6 Å².